The van der Waals surface area contributed by atoms with Crippen LogP contribution < -0.4 is 0 Å². The fourth-order valence-electron chi connectivity index (χ4n) is 2.23. The van der Waals surface area contributed by atoms with Crippen LogP contribution in [0.2, 0.25) is 0 Å². The highest BCUT2D eigenvalue weighted by Crippen LogP contribution is 2.31. The van der Waals surface area contributed by atoms with Gasteiger partial charge in [0.25, 0.3) is 3.79 Å². The molecule has 0 radical (unpaired) electrons. The number of hydrogen-bond donors (Lipinski definition) is 0. The molecule has 0 unspecified atom stereocenters. The molecule has 1 aromatic carbocycles. The Balaban J connectivity index is 2.75. The van der Waals surface area contributed by atoms with Crippen molar-refractivity contribution in [3.05, 3.63) is 35.9 Å². The highest BCUT2D eigenvalue weighted by atomic mass is 35.6. The molecule has 0 aliphatic rings. The fourth-order valence-corrected chi connectivity index (χ4v) is 2.99. The van der Waals surface area contributed by atoms with E-state index in [-0.39, 0.29) is 5.38 Å². The number of carbonyl (C=O) groups excluding carboxylic acids is 1. The molecule has 0 N–H and O–H groups in total. The predicted molar refractivity (Wildman–Crippen MR) is 104 cm³/mol. The Bertz CT molecular complexity index is 490. The van der Waals surface area contributed by atoms with Gasteiger partial charge in [-0.3, -0.25) is 0 Å². The summed E-state index contributed by atoms with van der Waals surface area (Å²) in [5, 5.41) is -0.881. The lowest BCUT2D eigenvalue weighted by molar-refractivity contribution is -0.148. The normalized spacial score (nSPS) is 15.6. The molecule has 7 heteroatoms. The van der Waals surface area contributed by atoms with Crippen LogP contribution in [0, 0.1) is 0 Å². The van der Waals surface area contributed by atoms with Gasteiger partial charge in [0.1, 0.15) is 6.10 Å². The summed E-state index contributed by atoms with van der Waals surface area (Å²) in [5.41, 5.74) is 1.11. The highest BCUT2D eigenvalue weighted by Gasteiger charge is 2.37. The molecule has 1 rings (SSSR count). The average molecular weight is 435 g/mol. The zero-order chi connectivity index (χ0) is 18.2. The van der Waals surface area contributed by atoms with Gasteiger partial charge < -0.3 is 4.74 Å². The zero-order valence-electron chi connectivity index (χ0n) is 13.4. The Kier molecular flexibility index (Phi) is 10.1. The Morgan fingerprint density at radius 1 is 1.12 bits per heavy atom. The molecule has 24 heavy (non-hydrogen) atoms. The van der Waals surface area contributed by atoms with Crippen molar-refractivity contribution in [3.63, 3.8) is 0 Å². The lowest BCUT2D eigenvalue weighted by Gasteiger charge is -2.27. The molecule has 0 amide bonds. The standard InChI is InChI=1S/C17H21Cl5O2/c1-2-3-9-13(18)15(19)14(24-16(23)17(20,21)22)11-10-12-7-5-4-6-8-12/h4-8,13-15H,2-3,9-11H2,1H3/t13-,14+,15+/m0/s1. The summed E-state index contributed by atoms with van der Waals surface area (Å²) in [6.07, 6.45) is 3.24. The Morgan fingerprint density at radius 3 is 2.29 bits per heavy atom. The number of esters is 1. The SMILES string of the molecule is CCCC[C@H](Cl)[C@@H](Cl)[C@@H](CCc1ccccc1)OC(=O)C(Cl)(Cl)Cl. The summed E-state index contributed by atoms with van der Waals surface area (Å²) < 4.78 is 3.22. The van der Waals surface area contributed by atoms with Crippen LogP contribution >= 0.6 is 58.0 Å². The van der Waals surface area contributed by atoms with Crippen LogP contribution in [-0.2, 0) is 16.0 Å². The van der Waals surface area contributed by atoms with Gasteiger partial charge in [-0.1, -0.05) is 84.9 Å². The average Bonchev–Trinajstić information content (AvgIpc) is 2.55. The van der Waals surface area contributed by atoms with Crippen molar-refractivity contribution in [1.29, 1.82) is 0 Å². The van der Waals surface area contributed by atoms with Gasteiger partial charge in [-0.15, -0.1) is 23.2 Å². The third-order valence-electron chi connectivity index (χ3n) is 3.58. The van der Waals surface area contributed by atoms with Crippen LogP contribution in [0.4, 0.5) is 0 Å². The highest BCUT2D eigenvalue weighted by molar-refractivity contribution is 6.75. The lowest BCUT2D eigenvalue weighted by Crippen LogP contribution is -2.37. The van der Waals surface area contributed by atoms with E-state index in [2.05, 4.69) is 6.92 Å². The second-order valence-corrected chi connectivity index (χ2v) is 8.91. The topological polar surface area (TPSA) is 26.3 Å². The first kappa shape index (κ1) is 22.2. The number of halogens is 5. The van der Waals surface area contributed by atoms with Gasteiger partial charge in [0.2, 0.25) is 0 Å². The van der Waals surface area contributed by atoms with E-state index in [9.17, 15) is 4.79 Å². The maximum Gasteiger partial charge on any atom is 0.358 e. The molecular weight excluding hydrogens is 413 g/mol. The molecule has 2 nitrogen and oxygen atoms in total. The molecular formula is C17H21Cl5O2. The van der Waals surface area contributed by atoms with E-state index in [1.807, 2.05) is 30.3 Å². The van der Waals surface area contributed by atoms with Gasteiger partial charge in [0.05, 0.1) is 10.8 Å². The van der Waals surface area contributed by atoms with E-state index in [0.29, 0.717) is 12.8 Å². The van der Waals surface area contributed by atoms with Gasteiger partial charge in [-0.25, -0.2) is 4.79 Å². The Labute approximate surface area is 168 Å². The summed E-state index contributed by atoms with van der Waals surface area (Å²) >= 11 is 29.6. The fraction of sp³-hybridized carbons (Fsp3) is 0.588. The van der Waals surface area contributed by atoms with E-state index in [1.165, 1.54) is 0 Å². The second-order valence-electron chi connectivity index (χ2n) is 5.57. The summed E-state index contributed by atoms with van der Waals surface area (Å²) in [4.78, 5) is 11.9. The number of carbonyl (C=O) groups is 1. The van der Waals surface area contributed by atoms with Crippen LogP contribution in [0.5, 0.6) is 0 Å². The number of alkyl halides is 5. The molecule has 0 bridgehead atoms. The first-order valence-corrected chi connectivity index (χ1v) is 9.86. The molecule has 0 aliphatic carbocycles. The summed E-state index contributed by atoms with van der Waals surface area (Å²) in [5.74, 6) is -0.935. The number of unbranched alkanes of at least 4 members (excludes halogenated alkanes) is 1. The second kappa shape index (κ2) is 11.0. The minimum atomic E-state index is -2.13. The van der Waals surface area contributed by atoms with E-state index >= 15 is 0 Å². The molecule has 0 fully saturated rings. The van der Waals surface area contributed by atoms with Crippen molar-refractivity contribution in [2.24, 2.45) is 0 Å². The van der Waals surface area contributed by atoms with E-state index in [4.69, 9.17) is 62.7 Å². The molecule has 0 aliphatic heterocycles. The van der Waals surface area contributed by atoms with Crippen LogP contribution in [0.1, 0.15) is 38.2 Å². The van der Waals surface area contributed by atoms with E-state index in [0.717, 1.165) is 24.8 Å². The van der Waals surface area contributed by atoms with Gasteiger partial charge in [-0.05, 0) is 24.8 Å². The quantitative estimate of drug-likeness (QED) is 0.336. The minimum absolute atomic E-state index is 0.324. The largest absolute Gasteiger partial charge is 0.458 e. The number of aryl methyl sites for hydroxylation is 1. The Hall–Kier alpha value is 0.140. The minimum Gasteiger partial charge on any atom is -0.458 e. The smallest absolute Gasteiger partial charge is 0.358 e. The van der Waals surface area contributed by atoms with Crippen molar-refractivity contribution in [1.82, 2.24) is 0 Å². The van der Waals surface area contributed by atoms with Crippen molar-refractivity contribution in [2.75, 3.05) is 0 Å². The summed E-state index contributed by atoms with van der Waals surface area (Å²) in [6.45, 7) is 2.07. The van der Waals surface area contributed by atoms with Crippen LogP contribution in [0.3, 0.4) is 0 Å². The van der Waals surface area contributed by atoms with Gasteiger partial charge >= 0.3 is 5.97 Å². The summed E-state index contributed by atoms with van der Waals surface area (Å²) in [7, 11) is 0. The molecule has 3 atom stereocenters. The van der Waals surface area contributed by atoms with Crippen molar-refractivity contribution in [2.45, 2.75) is 59.7 Å². The van der Waals surface area contributed by atoms with Gasteiger partial charge in [0, 0.05) is 0 Å². The molecule has 0 spiro atoms. The monoisotopic (exact) mass is 432 g/mol. The number of hydrogen-bond acceptors (Lipinski definition) is 2. The number of ether oxygens (including phenoxy) is 1. The molecule has 1 aromatic rings. The van der Waals surface area contributed by atoms with Crippen LogP contribution in [0.25, 0.3) is 0 Å². The predicted octanol–water partition coefficient (Wildman–Crippen LogP) is 6.31. The van der Waals surface area contributed by atoms with Gasteiger partial charge in [0.15, 0.2) is 0 Å². The van der Waals surface area contributed by atoms with E-state index < -0.39 is 21.2 Å². The van der Waals surface area contributed by atoms with E-state index in [1.54, 1.807) is 0 Å². The third-order valence-corrected chi connectivity index (χ3v) is 5.25. The lowest BCUT2D eigenvalue weighted by atomic mass is 10.0. The molecule has 0 saturated carbocycles. The molecule has 0 heterocycles. The Morgan fingerprint density at radius 2 is 1.75 bits per heavy atom. The molecule has 0 aromatic heterocycles. The van der Waals surface area contributed by atoms with Crippen molar-refractivity contribution < 1.29 is 9.53 Å². The number of rotatable bonds is 9. The van der Waals surface area contributed by atoms with Crippen LogP contribution in [0.15, 0.2) is 30.3 Å². The first-order chi connectivity index (χ1) is 11.3. The molecule has 136 valence electrons. The summed E-state index contributed by atoms with van der Waals surface area (Å²) in [6, 6.07) is 9.81. The maximum atomic E-state index is 11.9. The number of benzene rings is 1. The van der Waals surface area contributed by atoms with Gasteiger partial charge in [-0.2, -0.15) is 0 Å². The van der Waals surface area contributed by atoms with Crippen molar-refractivity contribution >= 4 is 64.0 Å². The third kappa shape index (κ3) is 8.01. The zero-order valence-corrected chi connectivity index (χ0v) is 17.1. The molecule has 0 saturated heterocycles. The van der Waals surface area contributed by atoms with Crippen molar-refractivity contribution in [3.8, 4) is 0 Å². The van der Waals surface area contributed by atoms with Crippen LogP contribution in [-0.4, -0.2) is 26.6 Å². The first-order valence-electron chi connectivity index (χ1n) is 7.85. The maximum absolute atomic E-state index is 11.9.